The molecule has 0 aliphatic carbocycles. The summed E-state index contributed by atoms with van der Waals surface area (Å²) < 4.78 is 6.57. The molecule has 1 aromatic heterocycles. The minimum atomic E-state index is -0.146. The Kier molecular flexibility index (Phi) is 3.45. The van der Waals surface area contributed by atoms with Crippen LogP contribution in [0.3, 0.4) is 0 Å². The second-order valence-corrected chi connectivity index (χ2v) is 2.54. The van der Waals surface area contributed by atoms with Crippen LogP contribution in [-0.2, 0) is 11.3 Å². The average Bonchev–Trinajstić information content (AvgIpc) is 2.09. The molecule has 13 heavy (non-hydrogen) atoms. The first-order valence-electron chi connectivity index (χ1n) is 4.13. The van der Waals surface area contributed by atoms with Gasteiger partial charge < -0.3 is 10.5 Å². The lowest BCUT2D eigenvalue weighted by Crippen LogP contribution is -2.22. The molecule has 0 bridgehead atoms. The monoisotopic (exact) mass is 183 g/mol. The van der Waals surface area contributed by atoms with E-state index in [1.165, 1.54) is 17.0 Å². The van der Waals surface area contributed by atoms with Gasteiger partial charge in [0.05, 0.1) is 19.5 Å². The number of anilines is 1. The fourth-order valence-corrected chi connectivity index (χ4v) is 0.915. The first kappa shape index (κ1) is 9.73. The predicted octanol–water partition coefficient (Wildman–Crippen LogP) is -0.138. The van der Waals surface area contributed by atoms with Crippen molar-refractivity contribution in [1.29, 1.82) is 0 Å². The van der Waals surface area contributed by atoms with Crippen LogP contribution in [-0.4, -0.2) is 22.8 Å². The average molecular weight is 183 g/mol. The predicted molar refractivity (Wildman–Crippen MR) is 49.4 cm³/mol. The quantitative estimate of drug-likeness (QED) is 0.660. The number of hydrogen-bond donors (Lipinski definition) is 1. The first-order valence-corrected chi connectivity index (χ1v) is 4.13. The largest absolute Gasteiger partial charge is 0.383 e. The molecule has 0 saturated heterocycles. The van der Waals surface area contributed by atoms with Crippen molar-refractivity contribution in [3.05, 3.63) is 22.7 Å². The van der Waals surface area contributed by atoms with E-state index in [2.05, 4.69) is 4.98 Å². The van der Waals surface area contributed by atoms with Gasteiger partial charge in [0.25, 0.3) is 5.56 Å². The van der Waals surface area contributed by atoms with E-state index in [0.29, 0.717) is 19.8 Å². The third-order valence-corrected chi connectivity index (χ3v) is 1.58. The van der Waals surface area contributed by atoms with E-state index in [1.807, 2.05) is 6.92 Å². The Morgan fingerprint density at radius 1 is 1.69 bits per heavy atom. The Balaban J connectivity index is 2.62. The van der Waals surface area contributed by atoms with Gasteiger partial charge in [-0.25, -0.2) is 4.98 Å². The van der Waals surface area contributed by atoms with Gasteiger partial charge in [-0.3, -0.25) is 9.36 Å². The molecule has 0 aliphatic rings. The van der Waals surface area contributed by atoms with E-state index in [1.54, 1.807) is 0 Å². The van der Waals surface area contributed by atoms with Gasteiger partial charge in [-0.05, 0) is 6.92 Å². The van der Waals surface area contributed by atoms with Gasteiger partial charge in [0.2, 0.25) is 0 Å². The van der Waals surface area contributed by atoms with Crippen LogP contribution < -0.4 is 11.3 Å². The highest BCUT2D eigenvalue weighted by Crippen LogP contribution is 1.87. The van der Waals surface area contributed by atoms with Gasteiger partial charge >= 0.3 is 0 Å². The van der Waals surface area contributed by atoms with Crippen molar-refractivity contribution in [3.8, 4) is 0 Å². The summed E-state index contributed by atoms with van der Waals surface area (Å²) in [5, 5.41) is 0. The van der Waals surface area contributed by atoms with Gasteiger partial charge in [-0.15, -0.1) is 0 Å². The summed E-state index contributed by atoms with van der Waals surface area (Å²) in [6.45, 7) is 3.59. The van der Waals surface area contributed by atoms with E-state index in [4.69, 9.17) is 10.5 Å². The van der Waals surface area contributed by atoms with Crippen molar-refractivity contribution in [2.75, 3.05) is 18.9 Å². The van der Waals surface area contributed by atoms with E-state index in [0.717, 1.165) is 0 Å². The fraction of sp³-hybridized carbons (Fsp3) is 0.500. The number of aromatic nitrogens is 2. The lowest BCUT2D eigenvalue weighted by atomic mass is 10.5. The van der Waals surface area contributed by atoms with Crippen LogP contribution in [0.2, 0.25) is 0 Å². The normalized spacial score (nSPS) is 10.2. The van der Waals surface area contributed by atoms with Crippen molar-refractivity contribution in [3.63, 3.8) is 0 Å². The lowest BCUT2D eigenvalue weighted by Gasteiger charge is -2.04. The Morgan fingerprint density at radius 3 is 3.08 bits per heavy atom. The molecular formula is C8H13N3O2. The molecule has 0 unspecified atom stereocenters. The zero-order valence-corrected chi connectivity index (χ0v) is 7.56. The molecule has 0 atom stereocenters. The second kappa shape index (κ2) is 4.61. The van der Waals surface area contributed by atoms with Crippen molar-refractivity contribution < 1.29 is 4.74 Å². The van der Waals surface area contributed by atoms with Crippen LogP contribution >= 0.6 is 0 Å². The lowest BCUT2D eigenvalue weighted by molar-refractivity contribution is 0.138. The molecule has 1 rings (SSSR count). The molecule has 0 radical (unpaired) electrons. The topological polar surface area (TPSA) is 70.1 Å². The maximum Gasteiger partial charge on any atom is 0.255 e. The molecule has 0 fully saturated rings. The van der Waals surface area contributed by atoms with Crippen LogP contribution in [0.4, 0.5) is 5.82 Å². The van der Waals surface area contributed by atoms with E-state index in [9.17, 15) is 4.79 Å². The minimum Gasteiger partial charge on any atom is -0.383 e. The van der Waals surface area contributed by atoms with Crippen molar-refractivity contribution >= 4 is 5.82 Å². The van der Waals surface area contributed by atoms with Crippen molar-refractivity contribution in [2.45, 2.75) is 13.5 Å². The Labute approximate surface area is 76.2 Å². The Hall–Kier alpha value is -1.36. The maximum atomic E-state index is 11.2. The molecule has 1 aromatic rings. The van der Waals surface area contributed by atoms with Crippen LogP contribution in [0.15, 0.2) is 17.2 Å². The molecule has 0 aliphatic heterocycles. The summed E-state index contributed by atoms with van der Waals surface area (Å²) >= 11 is 0. The number of nitrogens with two attached hydrogens (primary N) is 1. The van der Waals surface area contributed by atoms with Gasteiger partial charge in [0.15, 0.2) is 0 Å². The molecule has 1 heterocycles. The maximum absolute atomic E-state index is 11.2. The summed E-state index contributed by atoms with van der Waals surface area (Å²) in [6.07, 6.45) is 1.43. The SMILES string of the molecule is CCOCCn1cnc(N)cc1=O. The number of rotatable bonds is 4. The van der Waals surface area contributed by atoms with Crippen LogP contribution in [0, 0.1) is 0 Å². The summed E-state index contributed by atoms with van der Waals surface area (Å²) in [7, 11) is 0. The standard InChI is InChI=1S/C8H13N3O2/c1-2-13-4-3-11-6-10-7(9)5-8(11)12/h5-6H,2-4,9H2,1H3. The second-order valence-electron chi connectivity index (χ2n) is 2.54. The van der Waals surface area contributed by atoms with Gasteiger partial charge in [-0.2, -0.15) is 0 Å². The summed E-state index contributed by atoms with van der Waals surface area (Å²) in [6, 6.07) is 1.30. The highest BCUT2D eigenvalue weighted by atomic mass is 16.5. The van der Waals surface area contributed by atoms with Crippen LogP contribution in [0.5, 0.6) is 0 Å². The van der Waals surface area contributed by atoms with E-state index < -0.39 is 0 Å². The third-order valence-electron chi connectivity index (χ3n) is 1.58. The van der Waals surface area contributed by atoms with Crippen LogP contribution in [0.25, 0.3) is 0 Å². The van der Waals surface area contributed by atoms with Gasteiger partial charge in [-0.1, -0.05) is 0 Å². The zero-order chi connectivity index (χ0) is 9.68. The first-order chi connectivity index (χ1) is 6.24. The molecule has 0 aromatic carbocycles. The Morgan fingerprint density at radius 2 is 2.46 bits per heavy atom. The molecule has 5 nitrogen and oxygen atoms in total. The third kappa shape index (κ3) is 2.87. The van der Waals surface area contributed by atoms with E-state index in [-0.39, 0.29) is 11.4 Å². The molecule has 0 saturated carbocycles. The summed E-state index contributed by atoms with van der Waals surface area (Å²) in [5.41, 5.74) is 5.18. The summed E-state index contributed by atoms with van der Waals surface area (Å²) in [4.78, 5) is 15.0. The molecule has 0 spiro atoms. The highest BCUT2D eigenvalue weighted by molar-refractivity contribution is 5.23. The molecule has 5 heteroatoms. The molecule has 0 amide bonds. The minimum absolute atomic E-state index is 0.146. The molecular weight excluding hydrogens is 170 g/mol. The number of nitrogen functional groups attached to an aromatic ring is 1. The fourth-order valence-electron chi connectivity index (χ4n) is 0.915. The smallest absolute Gasteiger partial charge is 0.255 e. The van der Waals surface area contributed by atoms with Crippen molar-refractivity contribution in [1.82, 2.24) is 9.55 Å². The van der Waals surface area contributed by atoms with Gasteiger partial charge in [0.1, 0.15) is 5.82 Å². The zero-order valence-electron chi connectivity index (χ0n) is 7.56. The van der Waals surface area contributed by atoms with Crippen molar-refractivity contribution in [2.24, 2.45) is 0 Å². The number of hydrogen-bond acceptors (Lipinski definition) is 4. The van der Waals surface area contributed by atoms with E-state index >= 15 is 0 Å². The number of nitrogens with zero attached hydrogens (tertiary/aromatic N) is 2. The molecule has 72 valence electrons. The number of ether oxygens (including phenoxy) is 1. The van der Waals surface area contributed by atoms with Gasteiger partial charge in [0, 0.05) is 12.7 Å². The summed E-state index contributed by atoms with van der Waals surface area (Å²) in [5.74, 6) is 0.248. The molecule has 2 N–H and O–H groups in total. The van der Waals surface area contributed by atoms with Crippen LogP contribution in [0.1, 0.15) is 6.92 Å². The highest BCUT2D eigenvalue weighted by Gasteiger charge is 1.96. The Bertz CT molecular complexity index is 321.